The van der Waals surface area contributed by atoms with Gasteiger partial charge in [-0.3, -0.25) is 9.69 Å². The van der Waals surface area contributed by atoms with Crippen molar-refractivity contribution in [2.24, 2.45) is 0 Å². The summed E-state index contributed by atoms with van der Waals surface area (Å²) >= 11 is 0. The van der Waals surface area contributed by atoms with Crippen molar-refractivity contribution in [1.82, 2.24) is 4.90 Å². The Kier molecular flexibility index (Phi) is 6.32. The number of hydrogen-bond donors (Lipinski definition) is 2. The first kappa shape index (κ1) is 17.2. The molecule has 0 saturated carbocycles. The molecule has 0 bridgehead atoms. The van der Waals surface area contributed by atoms with Crippen molar-refractivity contribution >= 4 is 11.6 Å². The van der Waals surface area contributed by atoms with Crippen molar-refractivity contribution in [3.8, 4) is 0 Å². The quantitative estimate of drug-likeness (QED) is 0.826. The van der Waals surface area contributed by atoms with Crippen LogP contribution in [0, 0.1) is 6.92 Å². The molecule has 2 aromatic rings. The van der Waals surface area contributed by atoms with E-state index in [4.69, 9.17) is 0 Å². The van der Waals surface area contributed by atoms with E-state index in [2.05, 4.69) is 5.32 Å². The van der Waals surface area contributed by atoms with E-state index in [1.807, 2.05) is 73.5 Å². The zero-order valence-corrected chi connectivity index (χ0v) is 13.7. The summed E-state index contributed by atoms with van der Waals surface area (Å²) in [6.45, 7) is 2.33. The highest BCUT2D eigenvalue weighted by molar-refractivity contribution is 5.92. The van der Waals surface area contributed by atoms with E-state index in [-0.39, 0.29) is 25.1 Å². The standard InChI is InChI=1S/C19H24N2O2/c1-15-8-6-7-11-17(15)20-19(23)14-21(2)18(12-13-22)16-9-4-3-5-10-16/h3-11,18,22H,12-14H2,1-2H3,(H,20,23). The first-order valence-electron chi connectivity index (χ1n) is 7.83. The van der Waals surface area contributed by atoms with Crippen LogP contribution in [0.2, 0.25) is 0 Å². The Balaban J connectivity index is 2.02. The van der Waals surface area contributed by atoms with E-state index in [0.717, 1.165) is 16.8 Å². The third-order valence-corrected chi connectivity index (χ3v) is 3.93. The van der Waals surface area contributed by atoms with E-state index >= 15 is 0 Å². The number of benzene rings is 2. The van der Waals surface area contributed by atoms with Crippen molar-refractivity contribution < 1.29 is 9.90 Å². The average Bonchev–Trinajstić information content (AvgIpc) is 2.55. The highest BCUT2D eigenvalue weighted by atomic mass is 16.3. The van der Waals surface area contributed by atoms with Crippen LogP contribution in [0.3, 0.4) is 0 Å². The fourth-order valence-electron chi connectivity index (χ4n) is 2.68. The van der Waals surface area contributed by atoms with Gasteiger partial charge in [-0.2, -0.15) is 0 Å². The number of likely N-dealkylation sites (N-methyl/N-ethyl adjacent to an activating group) is 1. The van der Waals surface area contributed by atoms with Gasteiger partial charge >= 0.3 is 0 Å². The van der Waals surface area contributed by atoms with E-state index in [9.17, 15) is 9.90 Å². The van der Waals surface area contributed by atoms with Crippen molar-refractivity contribution in [3.63, 3.8) is 0 Å². The molecule has 0 aliphatic heterocycles. The van der Waals surface area contributed by atoms with E-state index in [1.165, 1.54) is 0 Å². The summed E-state index contributed by atoms with van der Waals surface area (Å²) in [6.07, 6.45) is 0.595. The Morgan fingerprint density at radius 3 is 2.43 bits per heavy atom. The molecule has 0 heterocycles. The fraction of sp³-hybridized carbons (Fsp3) is 0.316. The normalized spacial score (nSPS) is 12.2. The maximum atomic E-state index is 12.3. The summed E-state index contributed by atoms with van der Waals surface area (Å²) in [4.78, 5) is 14.3. The van der Waals surface area contributed by atoms with Gasteiger partial charge in [0.25, 0.3) is 0 Å². The van der Waals surface area contributed by atoms with Gasteiger partial charge in [-0.15, -0.1) is 0 Å². The molecule has 4 nitrogen and oxygen atoms in total. The van der Waals surface area contributed by atoms with Crippen LogP contribution < -0.4 is 5.32 Å². The highest BCUT2D eigenvalue weighted by Gasteiger charge is 2.19. The molecule has 2 N–H and O–H groups in total. The summed E-state index contributed by atoms with van der Waals surface area (Å²) in [7, 11) is 1.91. The first-order valence-corrected chi connectivity index (χ1v) is 7.83. The Labute approximate surface area is 137 Å². The number of carbonyl (C=O) groups excluding carboxylic acids is 1. The minimum atomic E-state index is -0.0549. The molecular formula is C19H24N2O2. The lowest BCUT2D eigenvalue weighted by molar-refractivity contribution is -0.117. The van der Waals surface area contributed by atoms with Crippen LogP contribution in [0.25, 0.3) is 0 Å². The van der Waals surface area contributed by atoms with Gasteiger partial charge in [-0.1, -0.05) is 48.5 Å². The monoisotopic (exact) mass is 312 g/mol. The fourth-order valence-corrected chi connectivity index (χ4v) is 2.68. The first-order chi connectivity index (χ1) is 11.1. The summed E-state index contributed by atoms with van der Waals surface area (Å²) in [5.41, 5.74) is 2.98. The average molecular weight is 312 g/mol. The molecule has 1 amide bonds. The van der Waals surface area contributed by atoms with Gasteiger partial charge < -0.3 is 10.4 Å². The van der Waals surface area contributed by atoms with Crippen LogP contribution in [-0.2, 0) is 4.79 Å². The molecule has 1 unspecified atom stereocenters. The van der Waals surface area contributed by atoms with Crippen LogP contribution in [0.5, 0.6) is 0 Å². The van der Waals surface area contributed by atoms with Crippen LogP contribution >= 0.6 is 0 Å². The number of aliphatic hydroxyl groups excluding tert-OH is 1. The Hall–Kier alpha value is -2.17. The van der Waals surface area contributed by atoms with E-state index < -0.39 is 0 Å². The van der Waals surface area contributed by atoms with Crippen LogP contribution in [-0.4, -0.2) is 36.1 Å². The summed E-state index contributed by atoms with van der Waals surface area (Å²) in [6, 6.07) is 17.7. The maximum absolute atomic E-state index is 12.3. The van der Waals surface area contributed by atoms with E-state index in [0.29, 0.717) is 6.42 Å². The number of aryl methyl sites for hydroxylation is 1. The minimum Gasteiger partial charge on any atom is -0.396 e. The molecular weight excluding hydrogens is 288 g/mol. The predicted molar refractivity (Wildman–Crippen MR) is 93.3 cm³/mol. The van der Waals surface area contributed by atoms with Gasteiger partial charge in [0.15, 0.2) is 0 Å². The number of carbonyl (C=O) groups is 1. The number of nitrogens with one attached hydrogen (secondary N) is 1. The lowest BCUT2D eigenvalue weighted by Crippen LogP contribution is -2.34. The lowest BCUT2D eigenvalue weighted by atomic mass is 10.0. The van der Waals surface area contributed by atoms with Crippen LogP contribution in [0.1, 0.15) is 23.6 Å². The Morgan fingerprint density at radius 1 is 1.13 bits per heavy atom. The minimum absolute atomic E-state index is 0.0174. The summed E-state index contributed by atoms with van der Waals surface area (Å²) < 4.78 is 0. The number of hydrogen-bond acceptors (Lipinski definition) is 3. The summed E-state index contributed by atoms with van der Waals surface area (Å²) in [5, 5.41) is 12.3. The zero-order valence-electron chi connectivity index (χ0n) is 13.7. The SMILES string of the molecule is Cc1ccccc1NC(=O)CN(C)C(CCO)c1ccccc1. The lowest BCUT2D eigenvalue weighted by Gasteiger charge is -2.27. The van der Waals surface area contributed by atoms with Crippen molar-refractivity contribution in [1.29, 1.82) is 0 Å². The predicted octanol–water partition coefficient (Wildman–Crippen LogP) is 2.99. The van der Waals surface area contributed by atoms with Gasteiger partial charge in [0.2, 0.25) is 5.91 Å². The number of aliphatic hydroxyl groups is 1. The maximum Gasteiger partial charge on any atom is 0.238 e. The molecule has 0 fully saturated rings. The Bertz CT molecular complexity index is 628. The van der Waals surface area contributed by atoms with Gasteiger partial charge in [0.05, 0.1) is 6.54 Å². The molecule has 23 heavy (non-hydrogen) atoms. The molecule has 4 heteroatoms. The molecule has 0 aliphatic carbocycles. The molecule has 0 saturated heterocycles. The number of amides is 1. The second-order valence-corrected chi connectivity index (χ2v) is 5.72. The smallest absolute Gasteiger partial charge is 0.238 e. The van der Waals surface area contributed by atoms with Crippen molar-refractivity contribution in [2.45, 2.75) is 19.4 Å². The third kappa shape index (κ3) is 4.91. The molecule has 122 valence electrons. The van der Waals surface area contributed by atoms with E-state index in [1.54, 1.807) is 0 Å². The zero-order chi connectivity index (χ0) is 16.7. The Morgan fingerprint density at radius 2 is 1.78 bits per heavy atom. The molecule has 2 aromatic carbocycles. The highest BCUT2D eigenvalue weighted by Crippen LogP contribution is 2.22. The number of rotatable bonds is 7. The van der Waals surface area contributed by atoms with Gasteiger partial charge in [0.1, 0.15) is 0 Å². The molecule has 0 radical (unpaired) electrons. The largest absolute Gasteiger partial charge is 0.396 e. The van der Waals surface area contributed by atoms with Crippen LogP contribution in [0.4, 0.5) is 5.69 Å². The molecule has 2 rings (SSSR count). The van der Waals surface area contributed by atoms with Crippen molar-refractivity contribution in [2.75, 3.05) is 25.5 Å². The molecule has 0 aliphatic rings. The number of para-hydroxylation sites is 1. The molecule has 0 aromatic heterocycles. The third-order valence-electron chi connectivity index (χ3n) is 3.93. The second-order valence-electron chi connectivity index (χ2n) is 5.72. The second kappa shape index (κ2) is 8.46. The molecule has 0 spiro atoms. The van der Waals surface area contributed by atoms with Gasteiger partial charge in [0, 0.05) is 18.3 Å². The number of anilines is 1. The molecule has 1 atom stereocenters. The summed E-state index contributed by atoms with van der Waals surface area (Å²) in [5.74, 6) is -0.0549. The van der Waals surface area contributed by atoms with Gasteiger partial charge in [-0.25, -0.2) is 0 Å². The van der Waals surface area contributed by atoms with Crippen LogP contribution in [0.15, 0.2) is 54.6 Å². The topological polar surface area (TPSA) is 52.6 Å². The van der Waals surface area contributed by atoms with Gasteiger partial charge in [-0.05, 0) is 37.6 Å². The van der Waals surface area contributed by atoms with Crippen molar-refractivity contribution in [3.05, 3.63) is 65.7 Å². The number of nitrogens with zero attached hydrogens (tertiary/aromatic N) is 1.